The highest BCUT2D eigenvalue weighted by atomic mass is 35.5. The lowest BCUT2D eigenvalue weighted by Crippen LogP contribution is -2.10. The van der Waals surface area contributed by atoms with E-state index in [9.17, 15) is 0 Å². The molecule has 5 heteroatoms. The van der Waals surface area contributed by atoms with Gasteiger partial charge in [0.2, 0.25) is 5.95 Å². The van der Waals surface area contributed by atoms with E-state index in [0.29, 0.717) is 11.0 Å². The van der Waals surface area contributed by atoms with Crippen molar-refractivity contribution in [2.75, 3.05) is 12.8 Å². The van der Waals surface area contributed by atoms with Gasteiger partial charge in [0.1, 0.15) is 11.3 Å². The smallest absolute Gasteiger partial charge is 0.201 e. The molecule has 0 amide bonds. The zero-order chi connectivity index (χ0) is 15.0. The molecule has 21 heavy (non-hydrogen) atoms. The Hall–Kier alpha value is -2.20. The van der Waals surface area contributed by atoms with Gasteiger partial charge in [-0.25, -0.2) is 4.98 Å². The Balaban J connectivity index is 2.18. The van der Waals surface area contributed by atoms with Gasteiger partial charge in [0.05, 0.1) is 18.7 Å². The Kier molecular flexibility index (Phi) is 3.47. The van der Waals surface area contributed by atoms with E-state index in [1.807, 2.05) is 47.0 Å². The molecule has 3 rings (SSSR count). The van der Waals surface area contributed by atoms with Gasteiger partial charge in [-0.1, -0.05) is 29.8 Å². The van der Waals surface area contributed by atoms with Crippen LogP contribution in [-0.2, 0) is 0 Å². The Morgan fingerprint density at radius 2 is 2.00 bits per heavy atom. The summed E-state index contributed by atoms with van der Waals surface area (Å²) in [7, 11) is 1.63. The number of ether oxygens (including phenoxy) is 1. The van der Waals surface area contributed by atoms with E-state index in [0.717, 1.165) is 22.3 Å². The fourth-order valence-corrected chi connectivity index (χ4v) is 2.80. The van der Waals surface area contributed by atoms with Gasteiger partial charge in [-0.3, -0.25) is 0 Å². The maximum absolute atomic E-state index is 6.12. The van der Waals surface area contributed by atoms with E-state index < -0.39 is 0 Å². The van der Waals surface area contributed by atoms with Crippen LogP contribution >= 0.6 is 11.6 Å². The van der Waals surface area contributed by atoms with Gasteiger partial charge in [0, 0.05) is 5.02 Å². The summed E-state index contributed by atoms with van der Waals surface area (Å²) in [5.41, 5.74) is 8.91. The number of halogens is 1. The molecule has 0 aliphatic carbocycles. The fraction of sp³-hybridized carbons (Fsp3) is 0.188. The van der Waals surface area contributed by atoms with Crippen LogP contribution in [0.25, 0.3) is 11.0 Å². The van der Waals surface area contributed by atoms with Crippen molar-refractivity contribution in [3.63, 3.8) is 0 Å². The van der Waals surface area contributed by atoms with Crippen LogP contribution in [0.3, 0.4) is 0 Å². The molecule has 1 unspecified atom stereocenters. The lowest BCUT2D eigenvalue weighted by atomic mass is 10.1. The van der Waals surface area contributed by atoms with Crippen molar-refractivity contribution in [3.8, 4) is 5.75 Å². The average molecular weight is 302 g/mol. The van der Waals surface area contributed by atoms with Crippen molar-refractivity contribution in [2.45, 2.75) is 13.0 Å². The van der Waals surface area contributed by atoms with Gasteiger partial charge in [-0.2, -0.15) is 0 Å². The predicted molar refractivity (Wildman–Crippen MR) is 86.0 cm³/mol. The lowest BCUT2D eigenvalue weighted by molar-refractivity contribution is 0.419. The number of nitrogen functional groups attached to an aromatic ring is 1. The molecule has 0 radical (unpaired) electrons. The zero-order valence-electron chi connectivity index (χ0n) is 11.9. The topological polar surface area (TPSA) is 53.1 Å². The minimum atomic E-state index is 0.0285. The normalized spacial score (nSPS) is 12.5. The monoisotopic (exact) mass is 301 g/mol. The summed E-state index contributed by atoms with van der Waals surface area (Å²) in [5.74, 6) is 1.18. The molecular weight excluding hydrogens is 286 g/mol. The van der Waals surface area contributed by atoms with Gasteiger partial charge in [-0.15, -0.1) is 0 Å². The number of aromatic nitrogens is 2. The number of nitrogens with zero attached hydrogens (tertiary/aromatic N) is 2. The third kappa shape index (κ3) is 2.32. The van der Waals surface area contributed by atoms with Crippen molar-refractivity contribution in [2.24, 2.45) is 0 Å². The maximum atomic E-state index is 6.12. The number of nitrogens with two attached hydrogens (primary N) is 1. The Morgan fingerprint density at radius 3 is 2.71 bits per heavy atom. The number of hydrogen-bond donors (Lipinski definition) is 1. The summed E-state index contributed by atoms with van der Waals surface area (Å²) in [6, 6.07) is 13.6. The second-order valence-electron chi connectivity index (χ2n) is 4.90. The highest BCUT2D eigenvalue weighted by Crippen LogP contribution is 2.32. The quantitative estimate of drug-likeness (QED) is 0.798. The summed E-state index contributed by atoms with van der Waals surface area (Å²) < 4.78 is 7.34. The molecule has 1 atom stereocenters. The third-order valence-electron chi connectivity index (χ3n) is 3.65. The van der Waals surface area contributed by atoms with Gasteiger partial charge in [-0.05, 0) is 36.8 Å². The Labute approximate surface area is 128 Å². The molecule has 2 N–H and O–H groups in total. The molecule has 0 fully saturated rings. The van der Waals surface area contributed by atoms with Gasteiger partial charge < -0.3 is 15.0 Å². The molecule has 2 aromatic carbocycles. The molecule has 4 nitrogen and oxygen atoms in total. The molecule has 0 spiro atoms. The van der Waals surface area contributed by atoms with Gasteiger partial charge >= 0.3 is 0 Å². The van der Waals surface area contributed by atoms with Crippen LogP contribution in [0.2, 0.25) is 5.02 Å². The highest BCUT2D eigenvalue weighted by Gasteiger charge is 2.17. The second kappa shape index (κ2) is 5.30. The number of rotatable bonds is 3. The van der Waals surface area contributed by atoms with Crippen LogP contribution < -0.4 is 10.5 Å². The minimum absolute atomic E-state index is 0.0285. The lowest BCUT2D eigenvalue weighted by Gasteiger charge is -2.17. The molecule has 0 aliphatic heterocycles. The van der Waals surface area contributed by atoms with Crippen molar-refractivity contribution >= 4 is 28.6 Å². The molecule has 1 heterocycles. The number of fused-ring (bicyclic) bond motifs is 1. The second-order valence-corrected chi connectivity index (χ2v) is 5.34. The number of benzene rings is 2. The van der Waals surface area contributed by atoms with E-state index >= 15 is 0 Å². The van der Waals surface area contributed by atoms with Crippen LogP contribution in [0, 0.1) is 0 Å². The first kappa shape index (κ1) is 13.8. The summed E-state index contributed by atoms with van der Waals surface area (Å²) in [4.78, 5) is 4.44. The van der Waals surface area contributed by atoms with Crippen molar-refractivity contribution in [1.29, 1.82) is 0 Å². The van der Waals surface area contributed by atoms with E-state index in [1.54, 1.807) is 7.11 Å². The summed E-state index contributed by atoms with van der Waals surface area (Å²) in [6.07, 6.45) is 0. The standard InChI is InChI=1S/C16H16ClN3O/c1-10(11-5-3-6-12(17)9-11)20-13-7-4-8-14(21-2)15(13)19-16(20)18/h3-10H,1-2H3,(H2,18,19). The number of methoxy groups -OCH3 is 1. The predicted octanol–water partition coefficient (Wildman–Crippen LogP) is 3.89. The summed E-state index contributed by atoms with van der Waals surface area (Å²) in [5, 5.41) is 0.708. The largest absolute Gasteiger partial charge is 0.494 e. The fourth-order valence-electron chi connectivity index (χ4n) is 2.60. The molecule has 0 bridgehead atoms. The molecule has 1 aromatic heterocycles. The number of para-hydroxylation sites is 1. The van der Waals surface area contributed by atoms with Crippen molar-refractivity contribution in [3.05, 3.63) is 53.1 Å². The number of anilines is 1. The van der Waals surface area contributed by atoms with Crippen LogP contribution in [-0.4, -0.2) is 16.7 Å². The summed E-state index contributed by atoms with van der Waals surface area (Å²) >= 11 is 6.08. The van der Waals surface area contributed by atoms with E-state index in [1.165, 1.54) is 0 Å². The molecule has 3 aromatic rings. The van der Waals surface area contributed by atoms with Crippen LogP contribution in [0.1, 0.15) is 18.5 Å². The van der Waals surface area contributed by atoms with Crippen LogP contribution in [0.5, 0.6) is 5.75 Å². The van der Waals surface area contributed by atoms with E-state index in [-0.39, 0.29) is 6.04 Å². The maximum Gasteiger partial charge on any atom is 0.201 e. The number of imidazole rings is 1. The molecule has 0 saturated carbocycles. The molecule has 0 saturated heterocycles. The third-order valence-corrected chi connectivity index (χ3v) is 3.88. The molecule has 108 valence electrons. The molecule has 0 aliphatic rings. The first-order valence-electron chi connectivity index (χ1n) is 6.67. The van der Waals surface area contributed by atoms with Gasteiger partial charge in [0.25, 0.3) is 0 Å². The van der Waals surface area contributed by atoms with Crippen molar-refractivity contribution in [1.82, 2.24) is 9.55 Å². The summed E-state index contributed by atoms with van der Waals surface area (Å²) in [6.45, 7) is 2.07. The SMILES string of the molecule is COc1cccc2c1nc(N)n2C(C)c1cccc(Cl)c1. The van der Waals surface area contributed by atoms with E-state index in [4.69, 9.17) is 22.1 Å². The van der Waals surface area contributed by atoms with Gasteiger partial charge in [0.15, 0.2) is 0 Å². The number of hydrogen-bond acceptors (Lipinski definition) is 3. The Bertz CT molecular complexity index is 797. The minimum Gasteiger partial charge on any atom is -0.494 e. The first-order valence-corrected chi connectivity index (χ1v) is 7.05. The average Bonchev–Trinajstić information content (AvgIpc) is 2.82. The first-order chi connectivity index (χ1) is 10.1. The zero-order valence-corrected chi connectivity index (χ0v) is 12.6. The van der Waals surface area contributed by atoms with Crippen LogP contribution in [0.15, 0.2) is 42.5 Å². The molecular formula is C16H16ClN3O. The van der Waals surface area contributed by atoms with Crippen LogP contribution in [0.4, 0.5) is 5.95 Å². The Morgan fingerprint density at radius 1 is 1.24 bits per heavy atom. The van der Waals surface area contributed by atoms with Crippen molar-refractivity contribution < 1.29 is 4.74 Å². The van der Waals surface area contributed by atoms with E-state index in [2.05, 4.69) is 11.9 Å². The highest BCUT2D eigenvalue weighted by molar-refractivity contribution is 6.30.